The van der Waals surface area contributed by atoms with Crippen molar-refractivity contribution < 1.29 is 28.2 Å². The molecular formula is C23H23F3N4O5. The number of phenolic OH excluding ortho intramolecular Hbond substituents is 1. The molecule has 12 heteroatoms. The number of fused-ring (bicyclic) bond motifs is 1. The molecule has 1 unspecified atom stereocenters. The summed E-state index contributed by atoms with van der Waals surface area (Å²) >= 11 is 0. The van der Waals surface area contributed by atoms with Crippen molar-refractivity contribution in [3.8, 4) is 5.75 Å². The van der Waals surface area contributed by atoms with Crippen LogP contribution in [0.15, 0.2) is 34.0 Å². The van der Waals surface area contributed by atoms with Gasteiger partial charge in [0.15, 0.2) is 11.6 Å². The number of aromatic nitrogens is 3. The molecule has 35 heavy (non-hydrogen) atoms. The Morgan fingerprint density at radius 3 is 2.57 bits per heavy atom. The fraction of sp³-hybridized carbons (Fsp3) is 0.391. The predicted octanol–water partition coefficient (Wildman–Crippen LogP) is 2.15. The van der Waals surface area contributed by atoms with Crippen LogP contribution in [0.4, 0.5) is 13.2 Å². The Morgan fingerprint density at radius 2 is 1.89 bits per heavy atom. The smallest absolute Gasteiger partial charge is 0.329 e. The first-order valence-electron chi connectivity index (χ1n) is 11.1. The van der Waals surface area contributed by atoms with Crippen molar-refractivity contribution in [3.05, 3.63) is 68.4 Å². The van der Waals surface area contributed by atoms with Crippen LogP contribution in [0.1, 0.15) is 50.3 Å². The number of aliphatic hydroxyl groups is 1. The van der Waals surface area contributed by atoms with E-state index in [2.05, 4.69) is 15.3 Å². The maximum Gasteiger partial charge on any atom is 0.329 e. The first kappa shape index (κ1) is 24.5. The van der Waals surface area contributed by atoms with Crippen molar-refractivity contribution in [3.63, 3.8) is 0 Å². The molecule has 0 saturated heterocycles. The number of carbonyl (C=O) groups is 1. The molecule has 9 nitrogen and oxygen atoms in total. The van der Waals surface area contributed by atoms with Crippen LogP contribution >= 0.6 is 0 Å². The van der Waals surface area contributed by atoms with Crippen LogP contribution in [0, 0.1) is 17.5 Å². The molecule has 1 amide bonds. The van der Waals surface area contributed by atoms with Crippen LogP contribution in [0.5, 0.6) is 5.75 Å². The lowest BCUT2D eigenvalue weighted by Gasteiger charge is -2.35. The summed E-state index contributed by atoms with van der Waals surface area (Å²) in [4.78, 5) is 45.2. The summed E-state index contributed by atoms with van der Waals surface area (Å²) in [5, 5.41) is 23.0. The molecule has 0 spiro atoms. The number of aromatic amines is 1. The zero-order chi connectivity index (χ0) is 25.3. The first-order valence-corrected chi connectivity index (χ1v) is 11.1. The zero-order valence-corrected chi connectivity index (χ0v) is 18.5. The highest BCUT2D eigenvalue weighted by Crippen LogP contribution is 2.34. The standard InChI is InChI=1S/C23H23F3N4O5/c24-12-8-14(26)16(27-10-12)11-28-20(32)17(9-23(35)6-2-1-3-7-23)30-21(33)18-15(29-22(30)34)5-4-13(25)19(18)31/h4-5,8,10,17,31,35H,1-3,6-7,9,11H2,(H,28,32)(H,29,34). The van der Waals surface area contributed by atoms with E-state index >= 15 is 0 Å². The summed E-state index contributed by atoms with van der Waals surface area (Å²) in [5.74, 6) is -4.92. The number of hydrogen-bond donors (Lipinski definition) is 4. The van der Waals surface area contributed by atoms with Crippen LogP contribution in [0.3, 0.4) is 0 Å². The van der Waals surface area contributed by atoms with Gasteiger partial charge in [0.05, 0.1) is 29.6 Å². The molecule has 1 atom stereocenters. The summed E-state index contributed by atoms with van der Waals surface area (Å²) in [6.45, 7) is -0.486. The van der Waals surface area contributed by atoms with E-state index in [9.17, 15) is 37.8 Å². The largest absolute Gasteiger partial charge is 0.504 e. The Bertz CT molecular complexity index is 1400. The van der Waals surface area contributed by atoms with Crippen molar-refractivity contribution in [1.29, 1.82) is 0 Å². The monoisotopic (exact) mass is 492 g/mol. The second kappa shape index (κ2) is 9.53. The van der Waals surface area contributed by atoms with Gasteiger partial charge in [-0.3, -0.25) is 14.6 Å². The Kier molecular flexibility index (Phi) is 6.66. The fourth-order valence-electron chi connectivity index (χ4n) is 4.49. The maximum absolute atomic E-state index is 14.0. The van der Waals surface area contributed by atoms with Crippen LogP contribution in [0.25, 0.3) is 10.9 Å². The zero-order valence-electron chi connectivity index (χ0n) is 18.5. The molecule has 2 heterocycles. The molecule has 1 aromatic carbocycles. The summed E-state index contributed by atoms with van der Waals surface area (Å²) in [5.41, 5.74) is -3.94. The SMILES string of the molecule is O=C(NCc1ncc(F)cc1F)C(CC1(O)CCCCC1)n1c(=O)[nH]c2ccc(F)c(O)c2c1=O. The lowest BCUT2D eigenvalue weighted by Crippen LogP contribution is -2.48. The van der Waals surface area contributed by atoms with Crippen molar-refractivity contribution in [1.82, 2.24) is 19.9 Å². The number of nitrogens with zero attached hydrogens (tertiary/aromatic N) is 2. The van der Waals surface area contributed by atoms with E-state index < -0.39 is 63.9 Å². The van der Waals surface area contributed by atoms with E-state index in [0.29, 0.717) is 36.3 Å². The molecular weight excluding hydrogens is 469 g/mol. The molecule has 1 aliphatic rings. The molecule has 1 saturated carbocycles. The summed E-state index contributed by atoms with van der Waals surface area (Å²) in [6.07, 6.45) is 3.30. The van der Waals surface area contributed by atoms with Gasteiger partial charge in [-0.05, 0) is 25.0 Å². The second-order valence-corrected chi connectivity index (χ2v) is 8.73. The Hall–Kier alpha value is -3.67. The van der Waals surface area contributed by atoms with Crippen molar-refractivity contribution in [2.24, 2.45) is 0 Å². The minimum Gasteiger partial charge on any atom is -0.504 e. The third-order valence-corrected chi connectivity index (χ3v) is 6.31. The Balaban J connectivity index is 1.76. The van der Waals surface area contributed by atoms with Gasteiger partial charge in [-0.2, -0.15) is 0 Å². The Labute approximate surface area is 196 Å². The normalized spacial score (nSPS) is 16.2. The van der Waals surface area contributed by atoms with Gasteiger partial charge in [0, 0.05) is 12.5 Å². The van der Waals surface area contributed by atoms with Crippen LogP contribution in [-0.2, 0) is 11.3 Å². The molecule has 186 valence electrons. The number of nitrogens with one attached hydrogen (secondary N) is 2. The molecule has 4 rings (SSSR count). The number of carbonyl (C=O) groups excluding carboxylic acids is 1. The first-order chi connectivity index (χ1) is 16.6. The van der Waals surface area contributed by atoms with E-state index in [-0.39, 0.29) is 17.6 Å². The summed E-state index contributed by atoms with van der Waals surface area (Å²) in [7, 11) is 0. The molecule has 2 aromatic heterocycles. The van der Waals surface area contributed by atoms with E-state index in [0.717, 1.165) is 24.8 Å². The quantitative estimate of drug-likeness (QED) is 0.416. The number of pyridine rings is 1. The van der Waals surface area contributed by atoms with Crippen molar-refractivity contribution in [2.75, 3.05) is 0 Å². The summed E-state index contributed by atoms with van der Waals surface area (Å²) < 4.78 is 41.6. The summed E-state index contributed by atoms with van der Waals surface area (Å²) in [6, 6.07) is 0.984. The molecule has 3 aromatic rings. The number of halogens is 3. The highest BCUT2D eigenvalue weighted by atomic mass is 19.1. The minimum atomic E-state index is -1.58. The highest BCUT2D eigenvalue weighted by Gasteiger charge is 2.37. The third kappa shape index (κ3) is 4.92. The van der Waals surface area contributed by atoms with E-state index in [4.69, 9.17) is 0 Å². The number of phenols is 1. The molecule has 1 fully saturated rings. The van der Waals surface area contributed by atoms with Gasteiger partial charge in [-0.25, -0.2) is 22.5 Å². The lowest BCUT2D eigenvalue weighted by atomic mass is 9.80. The third-order valence-electron chi connectivity index (χ3n) is 6.31. The van der Waals surface area contributed by atoms with Gasteiger partial charge >= 0.3 is 5.69 Å². The number of H-pyrrole nitrogens is 1. The van der Waals surface area contributed by atoms with Crippen LogP contribution in [0.2, 0.25) is 0 Å². The Morgan fingerprint density at radius 1 is 1.17 bits per heavy atom. The van der Waals surface area contributed by atoms with Gasteiger partial charge in [0.1, 0.15) is 23.1 Å². The second-order valence-electron chi connectivity index (χ2n) is 8.73. The molecule has 1 aliphatic carbocycles. The van der Waals surface area contributed by atoms with Crippen molar-refractivity contribution >= 4 is 16.8 Å². The van der Waals surface area contributed by atoms with Gasteiger partial charge in [-0.15, -0.1) is 0 Å². The van der Waals surface area contributed by atoms with E-state index in [1.54, 1.807) is 0 Å². The van der Waals surface area contributed by atoms with Gasteiger partial charge < -0.3 is 20.5 Å². The van der Waals surface area contributed by atoms with E-state index in [1.165, 1.54) is 0 Å². The minimum absolute atomic E-state index is 0.136. The molecule has 0 bridgehead atoms. The van der Waals surface area contributed by atoms with Crippen molar-refractivity contribution in [2.45, 2.75) is 56.7 Å². The fourth-order valence-corrected chi connectivity index (χ4v) is 4.49. The van der Waals surface area contributed by atoms with Gasteiger partial charge in [0.2, 0.25) is 5.91 Å². The number of hydrogen-bond acceptors (Lipinski definition) is 6. The molecule has 4 N–H and O–H groups in total. The topological polar surface area (TPSA) is 137 Å². The lowest BCUT2D eigenvalue weighted by molar-refractivity contribution is -0.127. The number of rotatable bonds is 6. The molecule has 0 radical (unpaired) electrons. The number of benzene rings is 1. The van der Waals surface area contributed by atoms with Gasteiger partial charge in [0.25, 0.3) is 5.56 Å². The highest BCUT2D eigenvalue weighted by molar-refractivity contribution is 5.85. The number of aromatic hydroxyl groups is 1. The predicted molar refractivity (Wildman–Crippen MR) is 118 cm³/mol. The average Bonchev–Trinajstić information content (AvgIpc) is 2.80. The van der Waals surface area contributed by atoms with Crippen LogP contribution < -0.4 is 16.6 Å². The maximum atomic E-state index is 14.0. The van der Waals surface area contributed by atoms with Gasteiger partial charge in [-0.1, -0.05) is 19.3 Å². The van der Waals surface area contributed by atoms with Crippen LogP contribution in [-0.4, -0.2) is 36.3 Å². The molecule has 0 aliphatic heterocycles. The van der Waals surface area contributed by atoms with E-state index in [1.807, 2.05) is 0 Å². The average molecular weight is 492 g/mol. The number of amides is 1.